The van der Waals surface area contributed by atoms with Crippen molar-refractivity contribution in [1.82, 2.24) is 30.0 Å². The monoisotopic (exact) mass is 504 g/mol. The molecule has 1 N–H and O–H groups in total. The third-order valence-electron chi connectivity index (χ3n) is 4.92. The highest BCUT2D eigenvalue weighted by Crippen LogP contribution is 2.32. The molecule has 0 aliphatic heterocycles. The Balaban J connectivity index is 1.31. The quantitative estimate of drug-likeness (QED) is 0.286. The van der Waals surface area contributed by atoms with Crippen molar-refractivity contribution in [3.8, 4) is 16.4 Å². The van der Waals surface area contributed by atoms with Gasteiger partial charge in [-0.2, -0.15) is 0 Å². The predicted octanol–water partition coefficient (Wildman–Crippen LogP) is 5.38. The number of amides is 1. The van der Waals surface area contributed by atoms with Gasteiger partial charge in [0.15, 0.2) is 11.0 Å². The lowest BCUT2D eigenvalue weighted by Crippen LogP contribution is -2.23. The second kappa shape index (κ2) is 10.3. The van der Waals surface area contributed by atoms with Crippen LogP contribution in [0.2, 0.25) is 0 Å². The molecule has 0 saturated carbocycles. The molecule has 0 atom stereocenters. The van der Waals surface area contributed by atoms with E-state index in [1.54, 1.807) is 40.9 Å². The summed E-state index contributed by atoms with van der Waals surface area (Å²) in [5.41, 5.74) is 3.55. The predicted molar refractivity (Wildman–Crippen MR) is 136 cm³/mol. The molecule has 7 nitrogen and oxygen atoms in total. The van der Waals surface area contributed by atoms with Gasteiger partial charge in [-0.3, -0.25) is 14.3 Å². The maximum Gasteiger partial charge on any atom is 0.271 e. The number of nitrogens with one attached hydrogen (secondary N) is 1. The molecule has 0 spiro atoms. The summed E-state index contributed by atoms with van der Waals surface area (Å²) < 4.78 is 2.08. The molecule has 5 aromatic rings. The Morgan fingerprint density at radius 1 is 1.12 bits per heavy atom. The van der Waals surface area contributed by atoms with Gasteiger partial charge < -0.3 is 5.32 Å². The van der Waals surface area contributed by atoms with E-state index in [1.807, 2.05) is 35.7 Å². The summed E-state index contributed by atoms with van der Waals surface area (Å²) in [5.74, 6) is 1.21. The van der Waals surface area contributed by atoms with Crippen molar-refractivity contribution in [3.63, 3.8) is 0 Å². The maximum absolute atomic E-state index is 12.5. The third-order valence-corrected chi connectivity index (χ3v) is 7.76. The summed E-state index contributed by atoms with van der Waals surface area (Å²) in [6.07, 6.45) is 3.44. The topological polar surface area (TPSA) is 85.6 Å². The Bertz CT molecular complexity index is 1400. The van der Waals surface area contributed by atoms with Crippen molar-refractivity contribution in [2.24, 2.45) is 0 Å². The highest BCUT2D eigenvalue weighted by atomic mass is 32.2. The summed E-state index contributed by atoms with van der Waals surface area (Å²) in [7, 11) is 0. The number of carbonyl (C=O) groups is 1. The summed E-state index contributed by atoms with van der Waals surface area (Å²) >= 11 is 4.66. The second-order valence-electron chi connectivity index (χ2n) is 7.42. The first-order valence-corrected chi connectivity index (χ1v) is 13.2. The van der Waals surface area contributed by atoms with E-state index < -0.39 is 0 Å². The van der Waals surface area contributed by atoms with Crippen LogP contribution >= 0.6 is 34.4 Å². The minimum Gasteiger partial charge on any atom is -0.347 e. The van der Waals surface area contributed by atoms with E-state index in [1.165, 1.54) is 16.9 Å². The van der Waals surface area contributed by atoms with E-state index in [4.69, 9.17) is 0 Å². The fraction of sp³-hybridized carbons (Fsp3) is 0.125. The molecule has 0 radical (unpaired) electrons. The molecule has 0 fully saturated rings. The molecule has 1 amide bonds. The molecule has 0 saturated heterocycles. The number of hydrogen-bond acceptors (Lipinski definition) is 8. The van der Waals surface area contributed by atoms with Gasteiger partial charge in [-0.15, -0.1) is 32.9 Å². The number of benzene rings is 1. The normalized spacial score (nSPS) is 11.0. The van der Waals surface area contributed by atoms with E-state index in [-0.39, 0.29) is 5.91 Å². The number of carbonyl (C=O) groups excluding carboxylic acids is 1. The molecule has 1 aromatic carbocycles. The minimum atomic E-state index is -0.195. The number of thiophene rings is 1. The van der Waals surface area contributed by atoms with Gasteiger partial charge in [0.05, 0.1) is 16.3 Å². The molecular weight excluding hydrogens is 485 g/mol. The van der Waals surface area contributed by atoms with Crippen molar-refractivity contribution in [3.05, 3.63) is 93.5 Å². The van der Waals surface area contributed by atoms with Crippen LogP contribution in [-0.4, -0.2) is 30.6 Å². The SMILES string of the molecule is Cc1cccc(-n2c(SCc3nc(C(=O)NCc4cccnc4)cs3)nnc2-c2cccs2)c1. The lowest BCUT2D eigenvalue weighted by atomic mass is 10.2. The Morgan fingerprint density at radius 3 is 2.85 bits per heavy atom. The van der Waals surface area contributed by atoms with E-state index in [9.17, 15) is 4.79 Å². The van der Waals surface area contributed by atoms with Crippen LogP contribution in [0.3, 0.4) is 0 Å². The second-order valence-corrected chi connectivity index (χ2v) is 10.2. The van der Waals surface area contributed by atoms with Crippen molar-refractivity contribution >= 4 is 40.3 Å². The van der Waals surface area contributed by atoms with Crippen LogP contribution in [0.25, 0.3) is 16.4 Å². The van der Waals surface area contributed by atoms with Crippen LogP contribution in [0.15, 0.2) is 76.8 Å². The summed E-state index contributed by atoms with van der Waals surface area (Å²) in [6.45, 7) is 2.49. The summed E-state index contributed by atoms with van der Waals surface area (Å²) in [5, 5.41) is 17.3. The molecule has 0 aliphatic carbocycles. The lowest BCUT2D eigenvalue weighted by molar-refractivity contribution is 0.0946. The number of nitrogens with zero attached hydrogens (tertiary/aromatic N) is 5. The fourth-order valence-corrected chi connectivity index (χ4v) is 5.75. The molecule has 0 aliphatic rings. The zero-order valence-corrected chi connectivity index (χ0v) is 20.7. The first-order valence-electron chi connectivity index (χ1n) is 10.5. The Hall–Kier alpha value is -3.34. The zero-order chi connectivity index (χ0) is 23.3. The van der Waals surface area contributed by atoms with E-state index in [0.29, 0.717) is 18.0 Å². The van der Waals surface area contributed by atoms with Crippen LogP contribution < -0.4 is 5.32 Å². The highest BCUT2D eigenvalue weighted by Gasteiger charge is 2.18. The number of rotatable bonds is 8. The first-order chi connectivity index (χ1) is 16.7. The molecule has 10 heteroatoms. The number of pyridine rings is 1. The van der Waals surface area contributed by atoms with Gasteiger partial charge >= 0.3 is 0 Å². The van der Waals surface area contributed by atoms with Gasteiger partial charge in [-0.1, -0.05) is 36.0 Å². The van der Waals surface area contributed by atoms with Crippen LogP contribution in [0.1, 0.15) is 26.6 Å². The average molecular weight is 505 g/mol. The molecule has 0 bridgehead atoms. The standard InChI is InChI=1S/C24H20N6OS3/c1-16-5-2-7-18(11-16)30-22(20-8-4-10-32-20)28-29-24(30)34-15-21-27-19(14-33-21)23(31)26-13-17-6-3-9-25-12-17/h2-12,14H,13,15H2,1H3,(H,26,31). The van der Waals surface area contributed by atoms with Gasteiger partial charge in [-0.05, 0) is 47.7 Å². The van der Waals surface area contributed by atoms with E-state index in [0.717, 1.165) is 32.1 Å². The van der Waals surface area contributed by atoms with Crippen LogP contribution in [0.5, 0.6) is 0 Å². The number of hydrogen-bond donors (Lipinski definition) is 1. The molecular formula is C24H20N6OS3. The van der Waals surface area contributed by atoms with Gasteiger partial charge in [0, 0.05) is 24.3 Å². The Labute approximate surface area is 209 Å². The van der Waals surface area contributed by atoms with Gasteiger partial charge in [-0.25, -0.2) is 4.98 Å². The van der Waals surface area contributed by atoms with Crippen molar-refractivity contribution in [2.75, 3.05) is 0 Å². The average Bonchev–Trinajstić information content (AvgIpc) is 3.62. The van der Waals surface area contributed by atoms with Crippen molar-refractivity contribution in [2.45, 2.75) is 24.4 Å². The van der Waals surface area contributed by atoms with Crippen molar-refractivity contribution < 1.29 is 4.79 Å². The first kappa shape index (κ1) is 22.5. The maximum atomic E-state index is 12.5. The van der Waals surface area contributed by atoms with Crippen LogP contribution in [-0.2, 0) is 12.3 Å². The minimum absolute atomic E-state index is 0.195. The van der Waals surface area contributed by atoms with E-state index in [2.05, 4.69) is 55.2 Å². The van der Waals surface area contributed by atoms with Gasteiger partial charge in [0.2, 0.25) is 0 Å². The number of thioether (sulfide) groups is 1. The van der Waals surface area contributed by atoms with Gasteiger partial charge in [0.1, 0.15) is 10.7 Å². The molecule has 4 heterocycles. The highest BCUT2D eigenvalue weighted by molar-refractivity contribution is 7.98. The largest absolute Gasteiger partial charge is 0.347 e. The van der Waals surface area contributed by atoms with Crippen LogP contribution in [0, 0.1) is 6.92 Å². The molecule has 34 heavy (non-hydrogen) atoms. The molecule has 4 aromatic heterocycles. The molecule has 5 rings (SSSR count). The lowest BCUT2D eigenvalue weighted by Gasteiger charge is -2.10. The van der Waals surface area contributed by atoms with Crippen molar-refractivity contribution in [1.29, 1.82) is 0 Å². The fourth-order valence-electron chi connectivity index (χ4n) is 3.31. The Kier molecular flexibility index (Phi) is 6.79. The summed E-state index contributed by atoms with van der Waals surface area (Å²) in [4.78, 5) is 22.1. The molecule has 0 unspecified atom stereocenters. The van der Waals surface area contributed by atoms with Crippen LogP contribution in [0.4, 0.5) is 0 Å². The number of aromatic nitrogens is 5. The van der Waals surface area contributed by atoms with E-state index >= 15 is 0 Å². The Morgan fingerprint density at radius 2 is 2.06 bits per heavy atom. The smallest absolute Gasteiger partial charge is 0.271 e. The number of aryl methyl sites for hydroxylation is 1. The number of thiazole rings is 1. The molecule has 170 valence electrons. The third kappa shape index (κ3) is 5.09. The summed E-state index contributed by atoms with van der Waals surface area (Å²) in [6, 6.07) is 16.1. The van der Waals surface area contributed by atoms with Gasteiger partial charge in [0.25, 0.3) is 5.91 Å². The zero-order valence-electron chi connectivity index (χ0n) is 18.2.